The summed E-state index contributed by atoms with van der Waals surface area (Å²) in [4.78, 5) is 4.83. The van der Waals surface area contributed by atoms with Crippen LogP contribution in [0.5, 0.6) is 0 Å². The van der Waals surface area contributed by atoms with Crippen molar-refractivity contribution >= 4 is 5.71 Å². The summed E-state index contributed by atoms with van der Waals surface area (Å²) in [6.45, 7) is 12.6. The van der Waals surface area contributed by atoms with E-state index in [0.717, 1.165) is 5.57 Å². The van der Waals surface area contributed by atoms with Crippen LogP contribution < -0.4 is 0 Å². The maximum atomic E-state index is 4.83. The molecule has 90 valence electrons. The Morgan fingerprint density at radius 3 is 2.44 bits per heavy atom. The Bertz CT molecular complexity index is 305. The lowest BCUT2D eigenvalue weighted by Gasteiger charge is -2.26. The SMILES string of the molecule is C=C(C)/C=C(\N=C(C)C(C)CC)C1CCC1. The predicted molar refractivity (Wildman–Crippen MR) is 72.8 cm³/mol. The smallest absolute Gasteiger partial charge is 0.0436 e. The molecular formula is C15H25N. The highest BCUT2D eigenvalue weighted by Gasteiger charge is 2.22. The Hall–Kier alpha value is -0.850. The highest BCUT2D eigenvalue weighted by Crippen LogP contribution is 2.34. The van der Waals surface area contributed by atoms with Crippen molar-refractivity contribution in [3.63, 3.8) is 0 Å². The largest absolute Gasteiger partial charge is 0.262 e. The number of hydrogen-bond donors (Lipinski definition) is 0. The minimum Gasteiger partial charge on any atom is -0.262 e. The summed E-state index contributed by atoms with van der Waals surface area (Å²) >= 11 is 0. The van der Waals surface area contributed by atoms with Gasteiger partial charge in [-0.15, -0.1) is 0 Å². The maximum Gasteiger partial charge on any atom is 0.0436 e. The van der Waals surface area contributed by atoms with E-state index in [1.165, 1.54) is 37.1 Å². The van der Waals surface area contributed by atoms with Gasteiger partial charge >= 0.3 is 0 Å². The quantitative estimate of drug-likeness (QED) is 0.467. The lowest BCUT2D eigenvalue weighted by Crippen LogP contribution is -2.15. The van der Waals surface area contributed by atoms with Crippen molar-refractivity contribution in [1.82, 2.24) is 0 Å². The number of aliphatic imine (C=N–C) groups is 1. The lowest BCUT2D eigenvalue weighted by molar-refractivity contribution is 0.365. The van der Waals surface area contributed by atoms with Crippen molar-refractivity contribution in [3.05, 3.63) is 23.9 Å². The molecule has 0 aromatic carbocycles. The van der Waals surface area contributed by atoms with E-state index in [9.17, 15) is 0 Å². The molecule has 1 atom stereocenters. The number of allylic oxidation sites excluding steroid dienone is 3. The molecule has 1 rings (SSSR count). The average molecular weight is 219 g/mol. The summed E-state index contributed by atoms with van der Waals surface area (Å²) in [5.41, 5.74) is 3.64. The molecule has 1 nitrogen and oxygen atoms in total. The molecule has 0 aliphatic heterocycles. The van der Waals surface area contributed by atoms with Gasteiger partial charge in [-0.05, 0) is 45.1 Å². The molecule has 1 saturated carbocycles. The lowest BCUT2D eigenvalue weighted by atomic mass is 9.82. The third kappa shape index (κ3) is 3.62. The van der Waals surface area contributed by atoms with Crippen LogP contribution in [0.15, 0.2) is 28.9 Å². The van der Waals surface area contributed by atoms with Crippen LogP contribution in [-0.4, -0.2) is 5.71 Å². The summed E-state index contributed by atoms with van der Waals surface area (Å²) in [5, 5.41) is 0. The van der Waals surface area contributed by atoms with Gasteiger partial charge in [0.1, 0.15) is 0 Å². The van der Waals surface area contributed by atoms with Gasteiger partial charge in [-0.2, -0.15) is 0 Å². The monoisotopic (exact) mass is 219 g/mol. The molecule has 1 aliphatic carbocycles. The Morgan fingerprint density at radius 1 is 1.44 bits per heavy atom. The zero-order valence-electron chi connectivity index (χ0n) is 11.2. The van der Waals surface area contributed by atoms with E-state index in [-0.39, 0.29) is 0 Å². The second-order valence-corrected chi connectivity index (χ2v) is 5.11. The van der Waals surface area contributed by atoms with Gasteiger partial charge in [0, 0.05) is 17.3 Å². The standard InChI is InChI=1S/C15H25N/c1-6-12(4)13(5)16-15(10-11(2)3)14-8-7-9-14/h10,12,14H,2,6-9H2,1,3-5H3/b15-10-,16-13?. The Balaban J connectivity index is 2.81. The summed E-state index contributed by atoms with van der Waals surface area (Å²) in [6.07, 6.45) is 7.29. The van der Waals surface area contributed by atoms with E-state index in [0.29, 0.717) is 11.8 Å². The zero-order chi connectivity index (χ0) is 12.1. The van der Waals surface area contributed by atoms with E-state index >= 15 is 0 Å². The molecule has 0 saturated heterocycles. The molecule has 0 heterocycles. The van der Waals surface area contributed by atoms with Gasteiger partial charge < -0.3 is 0 Å². The van der Waals surface area contributed by atoms with E-state index in [1.807, 2.05) is 6.92 Å². The van der Waals surface area contributed by atoms with Gasteiger partial charge in [0.15, 0.2) is 0 Å². The van der Waals surface area contributed by atoms with E-state index in [1.54, 1.807) is 0 Å². The van der Waals surface area contributed by atoms with Crippen molar-refractivity contribution in [2.24, 2.45) is 16.8 Å². The molecule has 1 heteroatoms. The first-order chi connectivity index (χ1) is 7.54. The third-order valence-corrected chi connectivity index (χ3v) is 3.55. The van der Waals surface area contributed by atoms with Crippen LogP contribution in [0.25, 0.3) is 0 Å². The predicted octanol–water partition coefficient (Wildman–Crippen LogP) is 4.75. The fourth-order valence-electron chi connectivity index (χ4n) is 1.81. The van der Waals surface area contributed by atoms with Crippen molar-refractivity contribution < 1.29 is 0 Å². The van der Waals surface area contributed by atoms with Crippen LogP contribution in [0.1, 0.15) is 53.4 Å². The van der Waals surface area contributed by atoms with E-state index in [4.69, 9.17) is 4.99 Å². The van der Waals surface area contributed by atoms with Crippen LogP contribution in [0.2, 0.25) is 0 Å². The fourth-order valence-corrected chi connectivity index (χ4v) is 1.81. The van der Waals surface area contributed by atoms with Gasteiger partial charge in [-0.3, -0.25) is 4.99 Å². The highest BCUT2D eigenvalue weighted by atomic mass is 14.8. The van der Waals surface area contributed by atoms with Gasteiger partial charge in [-0.1, -0.05) is 32.4 Å². The molecular weight excluding hydrogens is 194 g/mol. The van der Waals surface area contributed by atoms with Crippen LogP contribution in [0, 0.1) is 11.8 Å². The maximum absolute atomic E-state index is 4.83. The first-order valence-electron chi connectivity index (χ1n) is 6.46. The normalized spacial score (nSPS) is 20.5. The first-order valence-corrected chi connectivity index (χ1v) is 6.46. The molecule has 0 amide bonds. The molecule has 16 heavy (non-hydrogen) atoms. The molecule has 0 N–H and O–H groups in total. The van der Waals surface area contributed by atoms with Gasteiger partial charge in [0.05, 0.1) is 0 Å². The molecule has 1 unspecified atom stereocenters. The minimum atomic E-state index is 0.591. The van der Waals surface area contributed by atoms with Crippen LogP contribution >= 0.6 is 0 Å². The zero-order valence-corrected chi connectivity index (χ0v) is 11.2. The van der Waals surface area contributed by atoms with E-state index in [2.05, 4.69) is 33.4 Å². The van der Waals surface area contributed by atoms with Crippen molar-refractivity contribution in [1.29, 1.82) is 0 Å². The molecule has 0 aromatic rings. The van der Waals surface area contributed by atoms with E-state index < -0.39 is 0 Å². The van der Waals surface area contributed by atoms with Crippen LogP contribution in [0.3, 0.4) is 0 Å². The summed E-state index contributed by atoms with van der Waals surface area (Å²) in [5.74, 6) is 1.28. The van der Waals surface area contributed by atoms with Crippen molar-refractivity contribution in [3.8, 4) is 0 Å². The Morgan fingerprint density at radius 2 is 2.06 bits per heavy atom. The number of hydrogen-bond acceptors (Lipinski definition) is 1. The van der Waals surface area contributed by atoms with Crippen molar-refractivity contribution in [2.75, 3.05) is 0 Å². The number of rotatable bonds is 5. The van der Waals surface area contributed by atoms with Gasteiger partial charge in [0.2, 0.25) is 0 Å². The topological polar surface area (TPSA) is 12.4 Å². The second kappa shape index (κ2) is 6.03. The first kappa shape index (κ1) is 13.2. The second-order valence-electron chi connectivity index (χ2n) is 5.11. The number of nitrogens with zero attached hydrogens (tertiary/aromatic N) is 1. The molecule has 1 aliphatic rings. The minimum absolute atomic E-state index is 0.591. The molecule has 0 aromatic heterocycles. The van der Waals surface area contributed by atoms with Crippen LogP contribution in [0.4, 0.5) is 0 Å². The Labute approximate surface area is 100 Å². The molecule has 0 radical (unpaired) electrons. The molecule has 0 bridgehead atoms. The van der Waals surface area contributed by atoms with Crippen molar-refractivity contribution in [2.45, 2.75) is 53.4 Å². The van der Waals surface area contributed by atoms with Crippen LogP contribution in [-0.2, 0) is 0 Å². The average Bonchev–Trinajstić information content (AvgIpc) is 2.12. The molecule has 1 fully saturated rings. The summed E-state index contributed by atoms with van der Waals surface area (Å²) in [6, 6.07) is 0. The fraction of sp³-hybridized carbons (Fsp3) is 0.667. The summed E-state index contributed by atoms with van der Waals surface area (Å²) < 4.78 is 0. The highest BCUT2D eigenvalue weighted by molar-refractivity contribution is 5.85. The van der Waals surface area contributed by atoms with Gasteiger partial charge in [-0.25, -0.2) is 0 Å². The van der Waals surface area contributed by atoms with Gasteiger partial charge in [0.25, 0.3) is 0 Å². The Kier molecular flexibility index (Phi) is 4.98. The third-order valence-electron chi connectivity index (χ3n) is 3.55. The molecule has 0 spiro atoms. The summed E-state index contributed by atoms with van der Waals surface area (Å²) in [7, 11) is 0.